The lowest BCUT2D eigenvalue weighted by atomic mass is 10.3. The van der Waals surface area contributed by atoms with Gasteiger partial charge in [-0.15, -0.1) is 0 Å². The first-order valence-electron chi connectivity index (χ1n) is 6.18. The molecule has 1 aromatic heterocycles. The first-order valence-corrected chi connectivity index (χ1v) is 6.56. The molecule has 17 heavy (non-hydrogen) atoms. The number of rotatable bonds is 8. The van der Waals surface area contributed by atoms with Crippen LogP contribution < -0.4 is 5.32 Å². The minimum atomic E-state index is 0.767. The van der Waals surface area contributed by atoms with Crippen molar-refractivity contribution in [2.75, 3.05) is 20.3 Å². The first kappa shape index (κ1) is 14.5. The number of ether oxygens (including phenoxy) is 1. The third kappa shape index (κ3) is 3.98. The van der Waals surface area contributed by atoms with Gasteiger partial charge in [0.05, 0.1) is 16.4 Å². The highest BCUT2D eigenvalue weighted by Crippen LogP contribution is 2.21. The number of nitrogens with one attached hydrogen (secondary N) is 1. The molecule has 0 bridgehead atoms. The van der Waals surface area contributed by atoms with Crippen LogP contribution >= 0.6 is 11.6 Å². The van der Waals surface area contributed by atoms with E-state index in [-0.39, 0.29) is 0 Å². The Morgan fingerprint density at radius 3 is 2.76 bits per heavy atom. The molecular weight excluding hydrogens is 238 g/mol. The second-order valence-electron chi connectivity index (χ2n) is 3.90. The molecule has 0 unspecified atom stereocenters. The molecule has 0 aliphatic heterocycles. The SMILES string of the molecule is CCc1nn(CC)c(CNCCCOC)c1Cl. The van der Waals surface area contributed by atoms with Gasteiger partial charge in [-0.1, -0.05) is 18.5 Å². The van der Waals surface area contributed by atoms with Crippen LogP contribution in [0.25, 0.3) is 0 Å². The molecule has 5 heteroatoms. The topological polar surface area (TPSA) is 39.1 Å². The van der Waals surface area contributed by atoms with Crippen LogP contribution in [-0.2, 0) is 24.2 Å². The van der Waals surface area contributed by atoms with Crippen molar-refractivity contribution in [1.29, 1.82) is 0 Å². The standard InChI is InChI=1S/C12H22ClN3O/c1-4-10-12(13)11(16(5-2)15-10)9-14-7-6-8-17-3/h14H,4-9H2,1-3H3. The average Bonchev–Trinajstić information content (AvgIpc) is 2.65. The van der Waals surface area contributed by atoms with Crippen molar-refractivity contribution < 1.29 is 4.74 Å². The van der Waals surface area contributed by atoms with Crippen molar-refractivity contribution in [3.05, 3.63) is 16.4 Å². The van der Waals surface area contributed by atoms with Crippen LogP contribution in [0, 0.1) is 0 Å². The maximum absolute atomic E-state index is 6.30. The fraction of sp³-hybridized carbons (Fsp3) is 0.750. The molecule has 0 aromatic carbocycles. The second-order valence-corrected chi connectivity index (χ2v) is 4.28. The first-order chi connectivity index (χ1) is 8.24. The molecule has 1 heterocycles. The van der Waals surface area contributed by atoms with Gasteiger partial charge in [-0.25, -0.2) is 0 Å². The summed E-state index contributed by atoms with van der Waals surface area (Å²) < 4.78 is 6.98. The van der Waals surface area contributed by atoms with Crippen LogP contribution in [-0.4, -0.2) is 30.0 Å². The Hall–Kier alpha value is -0.580. The van der Waals surface area contributed by atoms with Crippen LogP contribution in [0.1, 0.15) is 31.7 Å². The number of aromatic nitrogens is 2. The minimum absolute atomic E-state index is 0.767. The molecule has 0 saturated carbocycles. The number of aryl methyl sites for hydroxylation is 2. The zero-order valence-corrected chi connectivity index (χ0v) is 11.7. The maximum Gasteiger partial charge on any atom is 0.0863 e. The van der Waals surface area contributed by atoms with E-state index in [9.17, 15) is 0 Å². The summed E-state index contributed by atoms with van der Waals surface area (Å²) in [4.78, 5) is 0. The van der Waals surface area contributed by atoms with Gasteiger partial charge in [0.2, 0.25) is 0 Å². The Bertz CT molecular complexity index is 339. The van der Waals surface area contributed by atoms with Crippen molar-refractivity contribution >= 4 is 11.6 Å². The monoisotopic (exact) mass is 259 g/mol. The molecular formula is C12H22ClN3O. The Balaban J connectivity index is 2.54. The van der Waals surface area contributed by atoms with E-state index in [0.717, 1.165) is 55.5 Å². The summed E-state index contributed by atoms with van der Waals surface area (Å²) in [6, 6.07) is 0. The fourth-order valence-electron chi connectivity index (χ4n) is 1.73. The fourth-order valence-corrected chi connectivity index (χ4v) is 2.07. The zero-order chi connectivity index (χ0) is 12.7. The van der Waals surface area contributed by atoms with E-state index in [2.05, 4.69) is 24.3 Å². The van der Waals surface area contributed by atoms with Gasteiger partial charge in [-0.2, -0.15) is 5.10 Å². The third-order valence-corrected chi connectivity index (χ3v) is 3.12. The minimum Gasteiger partial charge on any atom is -0.385 e. The summed E-state index contributed by atoms with van der Waals surface area (Å²) in [6.07, 6.45) is 1.89. The lowest BCUT2D eigenvalue weighted by molar-refractivity contribution is 0.194. The van der Waals surface area contributed by atoms with Gasteiger partial charge >= 0.3 is 0 Å². The van der Waals surface area contributed by atoms with Gasteiger partial charge in [-0.3, -0.25) is 4.68 Å². The third-order valence-electron chi connectivity index (χ3n) is 2.69. The summed E-state index contributed by atoms with van der Waals surface area (Å²) in [5, 5.41) is 8.66. The summed E-state index contributed by atoms with van der Waals surface area (Å²) in [5.41, 5.74) is 2.07. The maximum atomic E-state index is 6.30. The molecule has 0 saturated heterocycles. The molecule has 4 nitrogen and oxygen atoms in total. The summed E-state index contributed by atoms with van der Waals surface area (Å²) in [6.45, 7) is 7.49. The molecule has 0 amide bonds. The second kappa shape index (κ2) is 7.69. The molecule has 0 aliphatic rings. The van der Waals surface area contributed by atoms with E-state index in [0.29, 0.717) is 0 Å². The van der Waals surface area contributed by atoms with Crippen molar-refractivity contribution in [3.8, 4) is 0 Å². The van der Waals surface area contributed by atoms with Gasteiger partial charge in [-0.05, 0) is 26.3 Å². The summed E-state index contributed by atoms with van der Waals surface area (Å²) in [7, 11) is 1.72. The van der Waals surface area contributed by atoms with Gasteiger partial charge in [0, 0.05) is 26.8 Å². The van der Waals surface area contributed by atoms with Gasteiger partial charge < -0.3 is 10.1 Å². The van der Waals surface area contributed by atoms with E-state index in [1.54, 1.807) is 7.11 Å². The Kier molecular flexibility index (Phi) is 6.55. The largest absolute Gasteiger partial charge is 0.385 e. The van der Waals surface area contributed by atoms with E-state index in [4.69, 9.17) is 16.3 Å². The highest BCUT2D eigenvalue weighted by molar-refractivity contribution is 6.31. The lowest BCUT2D eigenvalue weighted by Gasteiger charge is -2.07. The molecule has 1 rings (SSSR count). The molecule has 0 spiro atoms. The van der Waals surface area contributed by atoms with Crippen LogP contribution in [0.2, 0.25) is 5.02 Å². The summed E-state index contributed by atoms with van der Waals surface area (Å²) >= 11 is 6.30. The molecule has 0 radical (unpaired) electrons. The zero-order valence-electron chi connectivity index (χ0n) is 10.9. The smallest absolute Gasteiger partial charge is 0.0863 e. The Labute approximate surface area is 108 Å². The quantitative estimate of drug-likeness (QED) is 0.728. The highest BCUT2D eigenvalue weighted by atomic mass is 35.5. The van der Waals surface area contributed by atoms with Crippen molar-refractivity contribution in [3.63, 3.8) is 0 Å². The van der Waals surface area contributed by atoms with Crippen LogP contribution in [0.5, 0.6) is 0 Å². The lowest BCUT2D eigenvalue weighted by Crippen LogP contribution is -2.19. The van der Waals surface area contributed by atoms with E-state index in [1.807, 2.05) is 4.68 Å². The van der Waals surface area contributed by atoms with Crippen LogP contribution in [0.4, 0.5) is 0 Å². The highest BCUT2D eigenvalue weighted by Gasteiger charge is 2.13. The van der Waals surface area contributed by atoms with E-state index in [1.165, 1.54) is 0 Å². The van der Waals surface area contributed by atoms with Crippen molar-refractivity contribution in [2.45, 2.75) is 39.8 Å². The van der Waals surface area contributed by atoms with Crippen molar-refractivity contribution in [1.82, 2.24) is 15.1 Å². The number of hydrogen-bond donors (Lipinski definition) is 1. The Morgan fingerprint density at radius 1 is 1.41 bits per heavy atom. The van der Waals surface area contributed by atoms with Gasteiger partial charge in [0.15, 0.2) is 0 Å². The average molecular weight is 260 g/mol. The number of halogens is 1. The molecule has 1 N–H and O–H groups in total. The van der Waals surface area contributed by atoms with Crippen LogP contribution in [0.15, 0.2) is 0 Å². The van der Waals surface area contributed by atoms with Crippen molar-refractivity contribution in [2.24, 2.45) is 0 Å². The van der Waals surface area contributed by atoms with E-state index >= 15 is 0 Å². The molecule has 98 valence electrons. The molecule has 0 fully saturated rings. The number of methoxy groups -OCH3 is 1. The van der Waals surface area contributed by atoms with Gasteiger partial charge in [0.25, 0.3) is 0 Å². The normalized spacial score (nSPS) is 11.1. The molecule has 0 atom stereocenters. The molecule has 0 aliphatic carbocycles. The predicted molar refractivity (Wildman–Crippen MR) is 70.5 cm³/mol. The Morgan fingerprint density at radius 2 is 2.18 bits per heavy atom. The molecule has 1 aromatic rings. The van der Waals surface area contributed by atoms with Crippen LogP contribution in [0.3, 0.4) is 0 Å². The summed E-state index contributed by atoms with van der Waals surface area (Å²) in [5.74, 6) is 0. The van der Waals surface area contributed by atoms with E-state index < -0.39 is 0 Å². The number of hydrogen-bond acceptors (Lipinski definition) is 3. The van der Waals surface area contributed by atoms with Gasteiger partial charge in [0.1, 0.15) is 0 Å². The predicted octanol–water partition coefficient (Wildman–Crippen LogP) is 2.24. The number of nitrogens with zero attached hydrogens (tertiary/aromatic N) is 2.